The minimum absolute atomic E-state index is 0. The molecule has 22 heavy (non-hydrogen) atoms. The van der Waals surface area contributed by atoms with Crippen molar-refractivity contribution in [2.24, 2.45) is 0 Å². The molecule has 1 saturated heterocycles. The van der Waals surface area contributed by atoms with Crippen LogP contribution in [0.5, 0.6) is 0 Å². The number of hydrogen-bond acceptors (Lipinski definition) is 3. The van der Waals surface area contributed by atoms with Gasteiger partial charge in [-0.25, -0.2) is 4.39 Å². The Bertz CT molecular complexity index is 595. The van der Waals surface area contributed by atoms with Crippen molar-refractivity contribution in [2.75, 3.05) is 26.7 Å². The summed E-state index contributed by atoms with van der Waals surface area (Å²) in [4.78, 5) is 0. The van der Waals surface area contributed by atoms with Gasteiger partial charge in [0.05, 0.1) is 0 Å². The molecule has 0 aromatic heterocycles. The van der Waals surface area contributed by atoms with Gasteiger partial charge in [-0.05, 0) is 19.1 Å². The van der Waals surface area contributed by atoms with Crippen molar-refractivity contribution in [3.8, 4) is 0 Å². The third kappa shape index (κ3) is 4.31. The smallest absolute Gasteiger partial charge is 0.282 e. The molecule has 2 rings (SSSR count). The molecule has 1 atom stereocenters. The van der Waals surface area contributed by atoms with Crippen LogP contribution in [0.4, 0.5) is 4.39 Å². The Morgan fingerprint density at radius 3 is 2.77 bits per heavy atom. The van der Waals surface area contributed by atoms with Gasteiger partial charge in [-0.15, -0.1) is 12.4 Å². The molecule has 0 radical (unpaired) electrons. The van der Waals surface area contributed by atoms with Crippen LogP contribution in [0, 0.1) is 5.82 Å². The summed E-state index contributed by atoms with van der Waals surface area (Å²) in [5, 5.41) is 3.41. The number of benzene rings is 1. The molecule has 1 aliphatic rings. The topological polar surface area (TPSA) is 52.7 Å². The number of rotatable bonds is 4. The molecule has 1 fully saturated rings. The van der Waals surface area contributed by atoms with Crippen LogP contribution in [0.15, 0.2) is 18.2 Å². The molecule has 0 aliphatic carbocycles. The van der Waals surface area contributed by atoms with Gasteiger partial charge in [0.2, 0.25) is 0 Å². The normalized spacial score (nSPS) is 20.0. The Morgan fingerprint density at radius 2 is 2.18 bits per heavy atom. The van der Waals surface area contributed by atoms with E-state index in [2.05, 4.69) is 5.32 Å². The second-order valence-electron chi connectivity index (χ2n) is 5.18. The Kier molecular flexibility index (Phi) is 7.04. The van der Waals surface area contributed by atoms with Crippen molar-refractivity contribution in [2.45, 2.75) is 19.5 Å². The number of hydrogen-bond donors (Lipinski definition) is 1. The van der Waals surface area contributed by atoms with Crippen LogP contribution in [-0.2, 0) is 16.8 Å². The standard InChI is InChI=1S/C13H19ClFN3O2S.ClH/c1-10-8-18(7-6-16-10)21(19,20)17(2)9-11-12(14)4-3-5-13(11)15;/h3-5,10,16H,6-9H2,1-2H3;1H/t10-;/m1./s1. The molecule has 1 aromatic rings. The molecular formula is C13H20Cl2FN3O2S. The fourth-order valence-electron chi connectivity index (χ4n) is 2.29. The lowest BCUT2D eigenvalue weighted by Crippen LogP contribution is -2.54. The monoisotopic (exact) mass is 371 g/mol. The second-order valence-corrected chi connectivity index (χ2v) is 7.62. The van der Waals surface area contributed by atoms with E-state index in [4.69, 9.17) is 11.6 Å². The second kappa shape index (κ2) is 7.90. The zero-order chi connectivity index (χ0) is 15.6. The SMILES string of the molecule is C[C@@H]1CN(S(=O)(=O)N(C)Cc2c(F)cccc2Cl)CCN1.Cl. The van der Waals surface area contributed by atoms with Gasteiger partial charge >= 0.3 is 0 Å². The molecule has 0 bridgehead atoms. The quantitative estimate of drug-likeness (QED) is 0.878. The lowest BCUT2D eigenvalue weighted by molar-refractivity contribution is 0.287. The van der Waals surface area contributed by atoms with Crippen LogP contribution >= 0.6 is 24.0 Å². The van der Waals surface area contributed by atoms with Crippen LogP contribution in [0.3, 0.4) is 0 Å². The number of halogens is 3. The van der Waals surface area contributed by atoms with E-state index in [1.54, 1.807) is 6.07 Å². The van der Waals surface area contributed by atoms with Crippen molar-refractivity contribution in [1.29, 1.82) is 0 Å². The zero-order valence-electron chi connectivity index (χ0n) is 12.4. The van der Waals surface area contributed by atoms with Gasteiger partial charge in [0.1, 0.15) is 5.82 Å². The maximum atomic E-state index is 13.8. The molecule has 1 aliphatic heterocycles. The van der Waals surface area contributed by atoms with E-state index in [1.807, 2.05) is 6.92 Å². The van der Waals surface area contributed by atoms with Crippen molar-refractivity contribution in [3.05, 3.63) is 34.6 Å². The van der Waals surface area contributed by atoms with Gasteiger partial charge in [0.25, 0.3) is 10.2 Å². The lowest BCUT2D eigenvalue weighted by atomic mass is 10.2. The van der Waals surface area contributed by atoms with Crippen molar-refractivity contribution < 1.29 is 12.8 Å². The highest BCUT2D eigenvalue weighted by molar-refractivity contribution is 7.86. The Hall–Kier alpha value is -0.440. The third-order valence-electron chi connectivity index (χ3n) is 3.49. The summed E-state index contributed by atoms with van der Waals surface area (Å²) in [6.07, 6.45) is 0. The maximum absolute atomic E-state index is 13.8. The predicted molar refractivity (Wildman–Crippen MR) is 88.1 cm³/mol. The summed E-state index contributed by atoms with van der Waals surface area (Å²) in [5.74, 6) is -0.502. The van der Waals surface area contributed by atoms with Gasteiger partial charge in [-0.3, -0.25) is 0 Å². The fraction of sp³-hybridized carbons (Fsp3) is 0.538. The molecule has 0 unspecified atom stereocenters. The average Bonchev–Trinajstić information content (AvgIpc) is 2.42. The first-order valence-corrected chi connectivity index (χ1v) is 8.47. The summed E-state index contributed by atoms with van der Waals surface area (Å²) in [6.45, 7) is 3.25. The predicted octanol–water partition coefficient (Wildman–Crippen LogP) is 1.87. The Balaban J connectivity index is 0.00000242. The summed E-state index contributed by atoms with van der Waals surface area (Å²) in [7, 11) is -2.19. The fourth-order valence-corrected chi connectivity index (χ4v) is 3.93. The molecule has 0 spiro atoms. The number of nitrogens with one attached hydrogen (secondary N) is 1. The molecule has 1 N–H and O–H groups in total. The highest BCUT2D eigenvalue weighted by Crippen LogP contribution is 2.22. The highest BCUT2D eigenvalue weighted by atomic mass is 35.5. The molecule has 0 amide bonds. The van der Waals surface area contributed by atoms with Crippen molar-refractivity contribution in [1.82, 2.24) is 13.9 Å². The summed E-state index contributed by atoms with van der Waals surface area (Å²) in [6, 6.07) is 4.41. The number of nitrogens with zero attached hydrogens (tertiary/aromatic N) is 2. The van der Waals surface area contributed by atoms with Crippen LogP contribution < -0.4 is 5.32 Å². The minimum Gasteiger partial charge on any atom is -0.312 e. The minimum atomic E-state index is -3.63. The maximum Gasteiger partial charge on any atom is 0.282 e. The highest BCUT2D eigenvalue weighted by Gasteiger charge is 2.31. The van der Waals surface area contributed by atoms with Gasteiger partial charge in [-0.1, -0.05) is 17.7 Å². The van der Waals surface area contributed by atoms with E-state index < -0.39 is 16.0 Å². The third-order valence-corrected chi connectivity index (χ3v) is 5.75. The summed E-state index contributed by atoms with van der Waals surface area (Å²) >= 11 is 5.95. The van der Waals surface area contributed by atoms with Crippen LogP contribution in [-0.4, -0.2) is 49.8 Å². The zero-order valence-corrected chi connectivity index (χ0v) is 14.8. The van der Waals surface area contributed by atoms with E-state index in [1.165, 1.54) is 23.5 Å². The van der Waals surface area contributed by atoms with E-state index >= 15 is 0 Å². The molecule has 126 valence electrons. The van der Waals surface area contributed by atoms with E-state index in [0.29, 0.717) is 19.6 Å². The van der Waals surface area contributed by atoms with Gasteiger partial charge < -0.3 is 5.32 Å². The largest absolute Gasteiger partial charge is 0.312 e. The molecule has 1 heterocycles. The first-order chi connectivity index (χ1) is 9.82. The van der Waals surface area contributed by atoms with Gasteiger partial charge in [-0.2, -0.15) is 17.0 Å². The van der Waals surface area contributed by atoms with E-state index in [9.17, 15) is 12.8 Å². The summed E-state index contributed by atoms with van der Waals surface area (Å²) in [5.41, 5.74) is 0.188. The molecule has 5 nitrogen and oxygen atoms in total. The lowest BCUT2D eigenvalue weighted by Gasteiger charge is -2.33. The number of piperazine rings is 1. The molecule has 0 saturated carbocycles. The summed E-state index contributed by atoms with van der Waals surface area (Å²) < 4.78 is 41.3. The first-order valence-electron chi connectivity index (χ1n) is 6.70. The van der Waals surface area contributed by atoms with Crippen LogP contribution in [0.25, 0.3) is 0 Å². The average molecular weight is 372 g/mol. The van der Waals surface area contributed by atoms with E-state index in [-0.39, 0.29) is 35.6 Å². The van der Waals surface area contributed by atoms with Crippen LogP contribution in [0.1, 0.15) is 12.5 Å². The van der Waals surface area contributed by atoms with E-state index in [0.717, 1.165) is 4.31 Å². The van der Waals surface area contributed by atoms with Crippen molar-refractivity contribution in [3.63, 3.8) is 0 Å². The first kappa shape index (κ1) is 19.6. The molecular weight excluding hydrogens is 352 g/mol. The molecule has 9 heteroatoms. The Labute approximate surface area is 142 Å². The van der Waals surface area contributed by atoms with Gasteiger partial charge in [0, 0.05) is 49.9 Å². The van der Waals surface area contributed by atoms with Crippen LogP contribution in [0.2, 0.25) is 5.02 Å². The van der Waals surface area contributed by atoms with Gasteiger partial charge in [0.15, 0.2) is 0 Å². The molecule has 1 aromatic carbocycles. The van der Waals surface area contributed by atoms with Crippen molar-refractivity contribution >= 4 is 34.2 Å². The Morgan fingerprint density at radius 1 is 1.50 bits per heavy atom.